The van der Waals surface area contributed by atoms with Crippen LogP contribution in [0.3, 0.4) is 0 Å². The Balaban J connectivity index is 1.56. The Labute approximate surface area is 218 Å². The van der Waals surface area contributed by atoms with E-state index in [0.29, 0.717) is 33.7 Å². The van der Waals surface area contributed by atoms with E-state index in [0.717, 1.165) is 0 Å². The third kappa shape index (κ3) is 4.93. The van der Waals surface area contributed by atoms with Gasteiger partial charge in [-0.15, -0.1) is 0 Å². The number of pyridine rings is 1. The van der Waals surface area contributed by atoms with Crippen molar-refractivity contribution < 1.29 is 32.2 Å². The number of fused-ring (bicyclic) bond motifs is 2. The number of carbonyl (C=O) groups excluding carboxylic acids is 1. The highest BCUT2D eigenvalue weighted by Gasteiger charge is 2.27. The fraction of sp³-hybridized carbons (Fsp3) is 0.185. The normalized spacial score (nSPS) is 12.6. The minimum absolute atomic E-state index is 0.0343. The third-order valence-corrected chi connectivity index (χ3v) is 7.96. The summed E-state index contributed by atoms with van der Waals surface area (Å²) >= 11 is 0. The predicted octanol–water partition coefficient (Wildman–Crippen LogP) is 3.44. The molecule has 10 nitrogen and oxygen atoms in total. The molecular weight excluding hydrogens is 512 g/mol. The first-order valence-electron chi connectivity index (χ1n) is 11.6. The zero-order valence-electron chi connectivity index (χ0n) is 20.6. The maximum atomic E-state index is 13.9. The lowest BCUT2D eigenvalue weighted by Crippen LogP contribution is -2.32. The zero-order chi connectivity index (χ0) is 26.9. The number of aromatic nitrogens is 1. The summed E-state index contributed by atoms with van der Waals surface area (Å²) in [5.41, 5.74) is 1.11. The topological polar surface area (TPSA) is 124 Å². The van der Waals surface area contributed by atoms with Crippen molar-refractivity contribution in [1.82, 2.24) is 9.29 Å². The van der Waals surface area contributed by atoms with E-state index in [2.05, 4.69) is 4.98 Å². The molecule has 1 aromatic heterocycles. The van der Waals surface area contributed by atoms with Crippen molar-refractivity contribution >= 4 is 26.9 Å². The number of hydrogen-bond acceptors (Lipinski definition) is 8. The summed E-state index contributed by atoms with van der Waals surface area (Å²) in [4.78, 5) is 27.8. The second kappa shape index (κ2) is 10.2. The lowest BCUT2D eigenvalue weighted by atomic mass is 10.1. The number of benzene rings is 3. The molecule has 0 aliphatic carbocycles. The monoisotopic (exact) mass is 536 g/mol. The van der Waals surface area contributed by atoms with Crippen molar-refractivity contribution in [2.75, 3.05) is 21.0 Å². The highest BCUT2D eigenvalue weighted by molar-refractivity contribution is 7.89. The van der Waals surface area contributed by atoms with Crippen molar-refractivity contribution in [2.45, 2.75) is 18.0 Å². The van der Waals surface area contributed by atoms with Crippen LogP contribution in [-0.4, -0.2) is 44.7 Å². The van der Waals surface area contributed by atoms with Gasteiger partial charge in [0, 0.05) is 30.1 Å². The van der Waals surface area contributed by atoms with Gasteiger partial charge in [0.2, 0.25) is 16.8 Å². The molecule has 1 aliphatic heterocycles. The van der Waals surface area contributed by atoms with E-state index in [4.69, 9.17) is 18.9 Å². The first-order chi connectivity index (χ1) is 18.3. The summed E-state index contributed by atoms with van der Waals surface area (Å²) in [7, 11) is -1.40. The van der Waals surface area contributed by atoms with Crippen molar-refractivity contribution in [3.8, 4) is 17.2 Å². The molecule has 4 aromatic rings. The number of aromatic amines is 1. The van der Waals surface area contributed by atoms with Crippen LogP contribution in [0, 0.1) is 0 Å². The average molecular weight is 537 g/mol. The van der Waals surface area contributed by atoms with Gasteiger partial charge in [0.05, 0.1) is 30.2 Å². The number of carbonyl (C=O) groups is 1. The van der Waals surface area contributed by atoms with Crippen LogP contribution >= 0.6 is 0 Å². The highest BCUT2D eigenvalue weighted by atomic mass is 32.2. The number of rotatable bonds is 8. The van der Waals surface area contributed by atoms with Crippen LogP contribution in [0.25, 0.3) is 10.9 Å². The highest BCUT2D eigenvalue weighted by Crippen LogP contribution is 2.35. The Morgan fingerprint density at radius 1 is 0.974 bits per heavy atom. The van der Waals surface area contributed by atoms with Gasteiger partial charge in [-0.3, -0.25) is 4.79 Å². The second-order valence-corrected chi connectivity index (χ2v) is 10.5. The standard InChI is InChI=1S/C27H24N2O8S/c1-34-21-8-6-17(7-9-21)14-29(38(32,33)22-5-3-4-18(11-22)27(31)35-2)15-20-10-19-12-24-25(37-16-36-24)13-23(19)28-26(20)30/h3-13H,14-16H2,1-2H3,(H,28,30). The van der Waals surface area contributed by atoms with E-state index in [9.17, 15) is 18.0 Å². The average Bonchev–Trinajstić information content (AvgIpc) is 3.39. The third-order valence-electron chi connectivity index (χ3n) is 6.17. The predicted molar refractivity (Wildman–Crippen MR) is 138 cm³/mol. The number of esters is 1. The van der Waals surface area contributed by atoms with E-state index in [1.807, 2.05) is 0 Å². The van der Waals surface area contributed by atoms with Gasteiger partial charge in [-0.1, -0.05) is 18.2 Å². The van der Waals surface area contributed by atoms with Gasteiger partial charge in [0.15, 0.2) is 11.5 Å². The number of ether oxygens (including phenoxy) is 4. The van der Waals surface area contributed by atoms with E-state index in [-0.39, 0.29) is 35.9 Å². The molecule has 0 spiro atoms. The molecule has 1 N–H and O–H groups in total. The molecule has 11 heteroatoms. The van der Waals surface area contributed by atoms with Gasteiger partial charge < -0.3 is 23.9 Å². The fourth-order valence-corrected chi connectivity index (χ4v) is 5.61. The van der Waals surface area contributed by atoms with Crippen molar-refractivity contribution in [3.05, 3.63) is 93.8 Å². The van der Waals surface area contributed by atoms with Crippen molar-refractivity contribution in [2.24, 2.45) is 0 Å². The van der Waals surface area contributed by atoms with E-state index < -0.39 is 21.6 Å². The number of H-pyrrole nitrogens is 1. The Hall–Kier alpha value is -4.35. The molecule has 3 aromatic carbocycles. The fourth-order valence-electron chi connectivity index (χ4n) is 4.16. The van der Waals surface area contributed by atoms with Gasteiger partial charge in [-0.25, -0.2) is 13.2 Å². The molecule has 2 heterocycles. The number of nitrogens with zero attached hydrogens (tertiary/aromatic N) is 1. The van der Waals surface area contributed by atoms with Crippen LogP contribution in [0.2, 0.25) is 0 Å². The van der Waals surface area contributed by atoms with Crippen molar-refractivity contribution in [1.29, 1.82) is 0 Å². The molecule has 0 unspecified atom stereocenters. The maximum Gasteiger partial charge on any atom is 0.337 e. The molecule has 0 amide bonds. The van der Waals surface area contributed by atoms with E-state index in [1.54, 1.807) is 49.6 Å². The molecular formula is C27H24N2O8S. The first-order valence-corrected chi connectivity index (χ1v) is 13.0. The van der Waals surface area contributed by atoms with Crippen LogP contribution in [0.1, 0.15) is 21.5 Å². The summed E-state index contributed by atoms with van der Waals surface area (Å²) in [5.74, 6) is 1.03. The SMILES string of the molecule is COC(=O)c1cccc(S(=O)(=O)N(Cc2ccc(OC)cc2)Cc2cc3cc4c(cc3[nH]c2=O)OCO4)c1. The summed E-state index contributed by atoms with van der Waals surface area (Å²) in [5, 5.41) is 0.665. The quantitative estimate of drug-likeness (QED) is 0.340. The van der Waals surface area contributed by atoms with Crippen LogP contribution in [0.4, 0.5) is 0 Å². The molecule has 0 saturated heterocycles. The Kier molecular flexibility index (Phi) is 6.79. The van der Waals surface area contributed by atoms with Crippen LogP contribution in [0.15, 0.2) is 76.4 Å². The van der Waals surface area contributed by atoms with E-state index in [1.165, 1.54) is 35.7 Å². The summed E-state index contributed by atoms with van der Waals surface area (Å²) in [6.45, 7) is -0.175. The van der Waals surface area contributed by atoms with E-state index >= 15 is 0 Å². The summed E-state index contributed by atoms with van der Waals surface area (Å²) < 4.78 is 49.7. The molecule has 1 aliphatic rings. The number of nitrogens with one attached hydrogen (secondary N) is 1. The molecule has 0 radical (unpaired) electrons. The first kappa shape index (κ1) is 25.3. The molecule has 38 heavy (non-hydrogen) atoms. The second-order valence-electron chi connectivity index (χ2n) is 8.56. The van der Waals surface area contributed by atoms with Gasteiger partial charge in [-0.05, 0) is 48.0 Å². The number of sulfonamides is 1. The lowest BCUT2D eigenvalue weighted by Gasteiger charge is -2.23. The summed E-state index contributed by atoms with van der Waals surface area (Å²) in [6, 6.07) is 17.6. The van der Waals surface area contributed by atoms with Crippen LogP contribution in [0.5, 0.6) is 17.2 Å². The van der Waals surface area contributed by atoms with Crippen LogP contribution in [-0.2, 0) is 27.8 Å². The Morgan fingerprint density at radius 2 is 1.71 bits per heavy atom. The number of methoxy groups -OCH3 is 2. The maximum absolute atomic E-state index is 13.9. The van der Waals surface area contributed by atoms with Gasteiger partial charge in [0.1, 0.15) is 5.75 Å². The molecule has 0 saturated carbocycles. The van der Waals surface area contributed by atoms with Gasteiger partial charge in [0.25, 0.3) is 5.56 Å². The zero-order valence-corrected chi connectivity index (χ0v) is 21.4. The molecule has 0 atom stereocenters. The largest absolute Gasteiger partial charge is 0.497 e. The molecule has 5 rings (SSSR count). The Morgan fingerprint density at radius 3 is 2.42 bits per heavy atom. The van der Waals surface area contributed by atoms with Crippen LogP contribution < -0.4 is 19.8 Å². The minimum Gasteiger partial charge on any atom is -0.497 e. The molecule has 0 fully saturated rings. The Bertz CT molecular complexity index is 1680. The van der Waals surface area contributed by atoms with Crippen molar-refractivity contribution in [3.63, 3.8) is 0 Å². The summed E-state index contributed by atoms with van der Waals surface area (Å²) in [6.07, 6.45) is 0. The molecule has 0 bridgehead atoms. The molecule has 196 valence electrons. The smallest absolute Gasteiger partial charge is 0.337 e. The number of hydrogen-bond donors (Lipinski definition) is 1. The minimum atomic E-state index is -4.16. The lowest BCUT2D eigenvalue weighted by molar-refractivity contribution is 0.0600. The van der Waals surface area contributed by atoms with Gasteiger partial charge >= 0.3 is 5.97 Å². The van der Waals surface area contributed by atoms with Gasteiger partial charge in [-0.2, -0.15) is 4.31 Å².